The monoisotopic (exact) mass is 420 g/mol. The van der Waals surface area contributed by atoms with Crippen molar-refractivity contribution in [2.24, 2.45) is 16.8 Å². The zero-order chi connectivity index (χ0) is 20.9. The molecule has 6 nitrogen and oxygen atoms in total. The number of hydrogen-bond acceptors (Lipinski definition) is 3. The minimum Gasteiger partial charge on any atom is -0.357 e. The average molecular weight is 421 g/mol. The Labute approximate surface area is 176 Å². The van der Waals surface area contributed by atoms with E-state index in [1.54, 1.807) is 4.31 Å². The van der Waals surface area contributed by atoms with E-state index in [-0.39, 0.29) is 0 Å². The van der Waals surface area contributed by atoms with E-state index in [1.165, 1.54) is 11.8 Å². The molecular weight excluding hydrogens is 384 g/mol. The Morgan fingerprint density at radius 2 is 1.90 bits per heavy atom. The lowest BCUT2D eigenvalue weighted by Crippen LogP contribution is -2.48. The molecule has 1 N–H and O–H groups in total. The molecule has 0 aromatic heterocycles. The number of sulfonamides is 1. The first-order valence-corrected chi connectivity index (χ1v) is 12.8. The van der Waals surface area contributed by atoms with Crippen molar-refractivity contribution in [3.63, 3.8) is 0 Å². The standard InChI is InChI=1S/C22H36N4O2S/c1-4-19-17-25(13-12-21(19)20-9-7-6-8-10-20)22(23-5-2)24-15-18-11-14-26(16-18)29(3,27)28/h6-10,18-19,21H,4-5,11-17H2,1-3H3,(H,23,24). The molecule has 0 spiro atoms. The first-order valence-electron chi connectivity index (χ1n) is 11.0. The third kappa shape index (κ3) is 5.72. The minimum atomic E-state index is -3.09. The van der Waals surface area contributed by atoms with Crippen LogP contribution in [0.5, 0.6) is 0 Å². The summed E-state index contributed by atoms with van der Waals surface area (Å²) in [4.78, 5) is 7.32. The molecule has 7 heteroatoms. The fraction of sp³-hybridized carbons (Fsp3) is 0.682. The van der Waals surface area contributed by atoms with Crippen LogP contribution in [-0.4, -0.2) is 69.1 Å². The third-order valence-corrected chi connectivity index (χ3v) is 7.61. The topological polar surface area (TPSA) is 65.0 Å². The van der Waals surface area contributed by atoms with E-state index in [9.17, 15) is 8.42 Å². The Morgan fingerprint density at radius 3 is 2.52 bits per heavy atom. The van der Waals surface area contributed by atoms with Crippen molar-refractivity contribution in [2.45, 2.75) is 39.0 Å². The van der Waals surface area contributed by atoms with E-state index in [0.717, 1.165) is 44.9 Å². The summed E-state index contributed by atoms with van der Waals surface area (Å²) in [5.41, 5.74) is 1.45. The molecule has 0 amide bonds. The normalized spacial score (nSPS) is 26.7. The Hall–Kier alpha value is -1.60. The first kappa shape index (κ1) is 22.1. The van der Waals surface area contributed by atoms with Gasteiger partial charge in [0.1, 0.15) is 0 Å². The molecular formula is C22H36N4O2S. The molecule has 0 radical (unpaired) electrons. The van der Waals surface area contributed by atoms with Crippen molar-refractivity contribution in [3.8, 4) is 0 Å². The maximum Gasteiger partial charge on any atom is 0.211 e. The molecule has 0 aliphatic carbocycles. The number of aliphatic imine (C=N–C) groups is 1. The van der Waals surface area contributed by atoms with Gasteiger partial charge in [0, 0.05) is 39.3 Å². The molecule has 29 heavy (non-hydrogen) atoms. The summed E-state index contributed by atoms with van der Waals surface area (Å²) in [6.07, 6.45) is 4.48. The lowest BCUT2D eigenvalue weighted by atomic mass is 9.79. The summed E-state index contributed by atoms with van der Waals surface area (Å²) < 4.78 is 25.1. The predicted molar refractivity (Wildman–Crippen MR) is 120 cm³/mol. The van der Waals surface area contributed by atoms with Crippen molar-refractivity contribution in [1.29, 1.82) is 0 Å². The van der Waals surface area contributed by atoms with Gasteiger partial charge < -0.3 is 10.2 Å². The molecule has 2 aliphatic heterocycles. The number of nitrogens with one attached hydrogen (secondary N) is 1. The van der Waals surface area contributed by atoms with Gasteiger partial charge in [-0.1, -0.05) is 43.7 Å². The van der Waals surface area contributed by atoms with Gasteiger partial charge in [-0.05, 0) is 43.1 Å². The maximum absolute atomic E-state index is 11.8. The number of piperidine rings is 1. The summed E-state index contributed by atoms with van der Waals surface area (Å²) in [7, 11) is -3.09. The molecule has 2 heterocycles. The fourth-order valence-corrected chi connectivity index (χ4v) is 5.58. The Morgan fingerprint density at radius 1 is 1.14 bits per heavy atom. The van der Waals surface area contributed by atoms with Crippen LogP contribution in [0.1, 0.15) is 44.6 Å². The summed E-state index contributed by atoms with van der Waals surface area (Å²) in [5.74, 6) is 2.51. The second-order valence-electron chi connectivity index (χ2n) is 8.39. The number of nitrogens with zero attached hydrogens (tertiary/aromatic N) is 3. The lowest BCUT2D eigenvalue weighted by molar-refractivity contribution is 0.215. The zero-order valence-corrected chi connectivity index (χ0v) is 18.9. The number of hydrogen-bond donors (Lipinski definition) is 1. The second kappa shape index (κ2) is 9.94. The summed E-state index contributed by atoms with van der Waals surface area (Å²) in [6.45, 7) is 9.14. The van der Waals surface area contributed by atoms with Crippen LogP contribution in [0.3, 0.4) is 0 Å². The fourth-order valence-electron chi connectivity index (χ4n) is 4.67. The van der Waals surface area contributed by atoms with Crippen LogP contribution < -0.4 is 5.32 Å². The molecule has 3 rings (SSSR count). The van der Waals surface area contributed by atoms with E-state index in [1.807, 2.05) is 0 Å². The first-order chi connectivity index (χ1) is 13.9. The number of guanidine groups is 1. The quantitative estimate of drug-likeness (QED) is 0.568. The van der Waals surface area contributed by atoms with Crippen molar-refractivity contribution in [1.82, 2.24) is 14.5 Å². The molecule has 2 fully saturated rings. The Kier molecular flexibility index (Phi) is 7.57. The number of rotatable bonds is 6. The van der Waals surface area contributed by atoms with Gasteiger partial charge in [0.05, 0.1) is 6.26 Å². The van der Waals surface area contributed by atoms with Crippen molar-refractivity contribution >= 4 is 16.0 Å². The molecule has 1 aromatic carbocycles. The van der Waals surface area contributed by atoms with E-state index in [2.05, 4.69) is 54.4 Å². The van der Waals surface area contributed by atoms with E-state index in [4.69, 9.17) is 4.99 Å². The van der Waals surface area contributed by atoms with E-state index >= 15 is 0 Å². The highest BCUT2D eigenvalue weighted by Gasteiger charge is 2.31. The number of likely N-dealkylation sites (tertiary alicyclic amines) is 1. The summed E-state index contributed by atoms with van der Waals surface area (Å²) in [6, 6.07) is 10.9. The summed E-state index contributed by atoms with van der Waals surface area (Å²) >= 11 is 0. The predicted octanol–water partition coefficient (Wildman–Crippen LogP) is 2.75. The third-order valence-electron chi connectivity index (χ3n) is 6.34. The van der Waals surface area contributed by atoms with Gasteiger partial charge >= 0.3 is 0 Å². The highest BCUT2D eigenvalue weighted by atomic mass is 32.2. The van der Waals surface area contributed by atoms with Crippen LogP contribution in [0.2, 0.25) is 0 Å². The van der Waals surface area contributed by atoms with Gasteiger partial charge in [-0.2, -0.15) is 0 Å². The second-order valence-corrected chi connectivity index (χ2v) is 10.4. The summed E-state index contributed by atoms with van der Waals surface area (Å²) in [5, 5.41) is 3.46. The maximum atomic E-state index is 11.8. The molecule has 0 saturated carbocycles. The van der Waals surface area contributed by atoms with E-state index in [0.29, 0.717) is 37.4 Å². The molecule has 2 aliphatic rings. The Balaban J connectivity index is 1.64. The van der Waals surface area contributed by atoms with Crippen LogP contribution in [0.15, 0.2) is 35.3 Å². The molecule has 162 valence electrons. The van der Waals surface area contributed by atoms with Gasteiger partial charge in [-0.15, -0.1) is 0 Å². The van der Waals surface area contributed by atoms with E-state index < -0.39 is 10.0 Å². The smallest absolute Gasteiger partial charge is 0.211 e. The molecule has 3 atom stereocenters. The Bertz CT molecular complexity index is 781. The lowest BCUT2D eigenvalue weighted by Gasteiger charge is -2.40. The molecule has 0 bridgehead atoms. The zero-order valence-electron chi connectivity index (χ0n) is 18.0. The van der Waals surface area contributed by atoms with Gasteiger partial charge in [0.2, 0.25) is 10.0 Å². The molecule has 1 aromatic rings. The molecule has 3 unspecified atom stereocenters. The SMILES string of the molecule is CCNC(=NCC1CCN(S(C)(=O)=O)C1)N1CCC(c2ccccc2)C(CC)C1. The van der Waals surface area contributed by atoms with Crippen molar-refractivity contribution < 1.29 is 8.42 Å². The van der Waals surface area contributed by atoms with Gasteiger partial charge in [-0.3, -0.25) is 4.99 Å². The van der Waals surface area contributed by atoms with Gasteiger partial charge in [0.25, 0.3) is 0 Å². The highest BCUT2D eigenvalue weighted by Crippen LogP contribution is 2.34. The van der Waals surface area contributed by atoms with Crippen LogP contribution in [0.4, 0.5) is 0 Å². The van der Waals surface area contributed by atoms with Crippen molar-refractivity contribution in [2.75, 3.05) is 45.5 Å². The van der Waals surface area contributed by atoms with Gasteiger partial charge in [0.15, 0.2) is 5.96 Å². The number of benzene rings is 1. The van der Waals surface area contributed by atoms with Crippen LogP contribution in [0.25, 0.3) is 0 Å². The van der Waals surface area contributed by atoms with Crippen LogP contribution in [0, 0.1) is 11.8 Å². The van der Waals surface area contributed by atoms with Crippen molar-refractivity contribution in [3.05, 3.63) is 35.9 Å². The average Bonchev–Trinajstić information content (AvgIpc) is 3.21. The molecule has 2 saturated heterocycles. The van der Waals surface area contributed by atoms with Crippen LogP contribution in [-0.2, 0) is 10.0 Å². The highest BCUT2D eigenvalue weighted by molar-refractivity contribution is 7.88. The minimum absolute atomic E-state index is 0.308. The largest absolute Gasteiger partial charge is 0.357 e. The van der Waals surface area contributed by atoms with Gasteiger partial charge in [-0.25, -0.2) is 12.7 Å². The van der Waals surface area contributed by atoms with Crippen LogP contribution >= 0.6 is 0 Å².